The van der Waals surface area contributed by atoms with Crippen molar-refractivity contribution in [1.82, 2.24) is 0 Å². The first-order valence-corrected chi connectivity index (χ1v) is 6.12. The van der Waals surface area contributed by atoms with Gasteiger partial charge < -0.3 is 5.73 Å². The molecule has 16 heavy (non-hydrogen) atoms. The van der Waals surface area contributed by atoms with E-state index in [9.17, 15) is 0 Å². The minimum Gasteiger partial charge on any atom is -0.330 e. The first-order chi connectivity index (χ1) is 7.34. The summed E-state index contributed by atoms with van der Waals surface area (Å²) in [7, 11) is 0. The molecule has 1 saturated carbocycles. The quantitative estimate of drug-likeness (QED) is 0.808. The van der Waals surface area contributed by atoms with Crippen LogP contribution in [0.15, 0.2) is 12.1 Å². The highest BCUT2D eigenvalue weighted by atomic mass is 14.7. The standard InChI is InChI=1S/C15H23N/c1-10-6-12(3)13(7-11(10)2)15(9-16)8-14(15,4)5/h6-7H,8-9,16H2,1-5H3. The average Bonchev–Trinajstić information content (AvgIpc) is 2.76. The molecular formula is C15H23N. The molecule has 1 aromatic rings. The smallest absolute Gasteiger partial charge is 0.0135 e. The van der Waals surface area contributed by atoms with Crippen LogP contribution in [-0.2, 0) is 5.41 Å². The number of hydrogen-bond donors (Lipinski definition) is 1. The largest absolute Gasteiger partial charge is 0.330 e. The van der Waals surface area contributed by atoms with Crippen molar-refractivity contribution in [2.45, 2.75) is 46.5 Å². The second-order valence-corrected chi connectivity index (χ2v) is 6.10. The highest BCUT2D eigenvalue weighted by Gasteiger charge is 2.61. The molecule has 0 aliphatic heterocycles. The molecule has 1 fully saturated rings. The van der Waals surface area contributed by atoms with E-state index < -0.39 is 0 Å². The first-order valence-electron chi connectivity index (χ1n) is 6.12. The van der Waals surface area contributed by atoms with Gasteiger partial charge >= 0.3 is 0 Å². The van der Waals surface area contributed by atoms with Crippen LogP contribution in [0.3, 0.4) is 0 Å². The summed E-state index contributed by atoms with van der Waals surface area (Å²) in [6.07, 6.45) is 1.22. The van der Waals surface area contributed by atoms with Gasteiger partial charge in [0.05, 0.1) is 0 Å². The summed E-state index contributed by atoms with van der Waals surface area (Å²) < 4.78 is 0. The number of nitrogens with two attached hydrogens (primary N) is 1. The molecule has 1 atom stereocenters. The zero-order valence-corrected chi connectivity index (χ0v) is 11.1. The van der Waals surface area contributed by atoms with Crippen LogP contribution in [0.4, 0.5) is 0 Å². The highest BCUT2D eigenvalue weighted by Crippen LogP contribution is 2.64. The Balaban J connectivity index is 2.53. The fraction of sp³-hybridized carbons (Fsp3) is 0.600. The molecule has 0 bridgehead atoms. The zero-order chi connectivity index (χ0) is 12.1. The van der Waals surface area contributed by atoms with Crippen LogP contribution >= 0.6 is 0 Å². The summed E-state index contributed by atoms with van der Waals surface area (Å²) in [4.78, 5) is 0. The fourth-order valence-electron chi connectivity index (χ4n) is 3.10. The molecule has 2 rings (SSSR count). The monoisotopic (exact) mass is 217 g/mol. The van der Waals surface area contributed by atoms with Crippen LogP contribution in [-0.4, -0.2) is 6.54 Å². The third kappa shape index (κ3) is 1.41. The molecule has 1 aliphatic rings. The molecule has 0 radical (unpaired) electrons. The van der Waals surface area contributed by atoms with Crippen molar-refractivity contribution in [1.29, 1.82) is 0 Å². The van der Waals surface area contributed by atoms with Crippen molar-refractivity contribution >= 4 is 0 Å². The molecule has 1 heteroatoms. The summed E-state index contributed by atoms with van der Waals surface area (Å²) in [6, 6.07) is 4.66. The van der Waals surface area contributed by atoms with E-state index in [4.69, 9.17) is 5.73 Å². The molecule has 2 N–H and O–H groups in total. The lowest BCUT2D eigenvalue weighted by Gasteiger charge is -2.22. The molecule has 0 saturated heterocycles. The van der Waals surface area contributed by atoms with Crippen LogP contribution in [0.2, 0.25) is 0 Å². The van der Waals surface area contributed by atoms with Gasteiger partial charge in [0.1, 0.15) is 0 Å². The van der Waals surface area contributed by atoms with Crippen molar-refractivity contribution in [2.75, 3.05) is 6.54 Å². The first kappa shape index (κ1) is 11.7. The van der Waals surface area contributed by atoms with Crippen molar-refractivity contribution in [3.63, 3.8) is 0 Å². The van der Waals surface area contributed by atoms with Gasteiger partial charge in [0, 0.05) is 12.0 Å². The summed E-state index contributed by atoms with van der Waals surface area (Å²) in [6.45, 7) is 12.0. The highest BCUT2D eigenvalue weighted by molar-refractivity contribution is 5.46. The maximum atomic E-state index is 6.03. The fourth-order valence-corrected chi connectivity index (χ4v) is 3.10. The van der Waals surface area contributed by atoms with E-state index in [-0.39, 0.29) is 5.41 Å². The molecule has 0 amide bonds. The lowest BCUT2D eigenvalue weighted by Crippen LogP contribution is -2.26. The summed E-state index contributed by atoms with van der Waals surface area (Å²) in [5.74, 6) is 0. The lowest BCUT2D eigenvalue weighted by molar-refractivity contribution is 0.501. The molecular weight excluding hydrogens is 194 g/mol. The predicted molar refractivity (Wildman–Crippen MR) is 69.8 cm³/mol. The number of benzene rings is 1. The average molecular weight is 217 g/mol. The minimum absolute atomic E-state index is 0.232. The van der Waals surface area contributed by atoms with Crippen molar-refractivity contribution in [3.05, 3.63) is 34.4 Å². The van der Waals surface area contributed by atoms with Gasteiger partial charge in [-0.1, -0.05) is 26.0 Å². The maximum absolute atomic E-state index is 6.03. The Morgan fingerprint density at radius 3 is 2.00 bits per heavy atom. The van der Waals surface area contributed by atoms with Crippen molar-refractivity contribution < 1.29 is 0 Å². The van der Waals surface area contributed by atoms with Crippen LogP contribution < -0.4 is 5.73 Å². The predicted octanol–water partition coefficient (Wildman–Crippen LogP) is 3.24. The van der Waals surface area contributed by atoms with E-state index >= 15 is 0 Å². The summed E-state index contributed by atoms with van der Waals surface area (Å²) >= 11 is 0. The molecule has 1 unspecified atom stereocenters. The number of hydrogen-bond acceptors (Lipinski definition) is 1. The summed E-state index contributed by atoms with van der Waals surface area (Å²) in [5.41, 5.74) is 12.3. The normalized spacial score (nSPS) is 26.9. The molecule has 88 valence electrons. The van der Waals surface area contributed by atoms with Gasteiger partial charge in [-0.05, 0) is 54.9 Å². The topological polar surface area (TPSA) is 26.0 Å². The van der Waals surface area contributed by atoms with E-state index in [0.29, 0.717) is 5.41 Å². The maximum Gasteiger partial charge on any atom is 0.0135 e. The Morgan fingerprint density at radius 2 is 1.56 bits per heavy atom. The SMILES string of the molecule is Cc1cc(C)c(C2(CN)CC2(C)C)cc1C. The second-order valence-electron chi connectivity index (χ2n) is 6.10. The Kier molecular flexibility index (Phi) is 2.43. The van der Waals surface area contributed by atoms with Crippen molar-refractivity contribution in [2.24, 2.45) is 11.1 Å². The Labute approximate surface area is 99.0 Å². The number of aryl methyl sites for hydroxylation is 3. The Morgan fingerprint density at radius 1 is 1.06 bits per heavy atom. The molecule has 0 aromatic heterocycles. The van der Waals surface area contributed by atoms with E-state index in [2.05, 4.69) is 46.8 Å². The van der Waals surface area contributed by atoms with Gasteiger partial charge in [-0.2, -0.15) is 0 Å². The Hall–Kier alpha value is -0.820. The van der Waals surface area contributed by atoms with E-state index in [1.165, 1.54) is 28.7 Å². The van der Waals surface area contributed by atoms with E-state index in [1.807, 2.05) is 0 Å². The molecule has 0 heterocycles. The summed E-state index contributed by atoms with van der Waals surface area (Å²) in [5, 5.41) is 0. The third-order valence-corrected chi connectivity index (χ3v) is 4.62. The molecule has 1 aromatic carbocycles. The molecule has 0 spiro atoms. The van der Waals surface area contributed by atoms with Crippen LogP contribution in [0.25, 0.3) is 0 Å². The Bertz CT molecular complexity index is 431. The second kappa shape index (κ2) is 3.33. The van der Waals surface area contributed by atoms with E-state index in [1.54, 1.807) is 0 Å². The molecule has 1 aliphatic carbocycles. The van der Waals surface area contributed by atoms with Gasteiger partial charge in [-0.25, -0.2) is 0 Å². The number of rotatable bonds is 2. The minimum atomic E-state index is 0.232. The van der Waals surface area contributed by atoms with Crippen molar-refractivity contribution in [3.8, 4) is 0 Å². The van der Waals surface area contributed by atoms with Gasteiger partial charge in [-0.15, -0.1) is 0 Å². The van der Waals surface area contributed by atoms with Gasteiger partial charge in [0.15, 0.2) is 0 Å². The lowest BCUT2D eigenvalue weighted by atomic mass is 9.83. The zero-order valence-electron chi connectivity index (χ0n) is 11.1. The molecule has 1 nitrogen and oxygen atoms in total. The van der Waals surface area contributed by atoms with E-state index in [0.717, 1.165) is 6.54 Å². The third-order valence-electron chi connectivity index (χ3n) is 4.62. The van der Waals surface area contributed by atoms with Crippen LogP contribution in [0, 0.1) is 26.2 Å². The van der Waals surface area contributed by atoms with Gasteiger partial charge in [0.2, 0.25) is 0 Å². The van der Waals surface area contributed by atoms with Crippen LogP contribution in [0.1, 0.15) is 42.5 Å². The van der Waals surface area contributed by atoms with Gasteiger partial charge in [0.25, 0.3) is 0 Å². The van der Waals surface area contributed by atoms with Crippen LogP contribution in [0.5, 0.6) is 0 Å². The van der Waals surface area contributed by atoms with Gasteiger partial charge in [-0.3, -0.25) is 0 Å².